The third-order valence-electron chi connectivity index (χ3n) is 4.81. The van der Waals surface area contributed by atoms with Gasteiger partial charge in [-0.25, -0.2) is 14.8 Å². The molecule has 0 saturated carbocycles. The van der Waals surface area contributed by atoms with Crippen LogP contribution >= 0.6 is 11.3 Å². The summed E-state index contributed by atoms with van der Waals surface area (Å²) in [5, 5.41) is 7.48. The van der Waals surface area contributed by atoms with E-state index in [2.05, 4.69) is 31.5 Å². The van der Waals surface area contributed by atoms with Crippen LogP contribution in [0, 0.1) is 13.5 Å². The summed E-state index contributed by atoms with van der Waals surface area (Å²) in [5.74, 6) is 0.639. The number of benzene rings is 3. The number of aryl methyl sites for hydroxylation is 1. The minimum Gasteiger partial charge on any atom is -0.423 e. The summed E-state index contributed by atoms with van der Waals surface area (Å²) >= 11 is 1.62. The van der Waals surface area contributed by atoms with Gasteiger partial charge in [-0.05, 0) is 36.8 Å². The average molecular weight is 424 g/mol. The maximum absolute atomic E-state index is 7.06. The number of oxazole rings is 1. The van der Waals surface area contributed by atoms with Crippen molar-refractivity contribution in [3.05, 3.63) is 89.9 Å². The third kappa shape index (κ3) is 3.97. The molecule has 3 aromatic carbocycles. The first-order valence-corrected chi connectivity index (χ1v) is 10.4. The number of thiazole rings is 1. The lowest BCUT2D eigenvalue weighted by atomic mass is 10.2. The van der Waals surface area contributed by atoms with Crippen molar-refractivity contribution in [2.75, 3.05) is 10.6 Å². The molecule has 5 rings (SSSR count). The molecule has 0 aliphatic carbocycles. The fourth-order valence-electron chi connectivity index (χ4n) is 3.16. The van der Waals surface area contributed by atoms with Gasteiger partial charge < -0.3 is 15.1 Å². The van der Waals surface area contributed by atoms with Gasteiger partial charge in [0.25, 0.3) is 6.01 Å². The maximum atomic E-state index is 7.06. The summed E-state index contributed by atoms with van der Waals surface area (Å²) in [6.07, 6.45) is 1.67. The van der Waals surface area contributed by atoms with E-state index in [4.69, 9.17) is 11.0 Å². The zero-order chi connectivity index (χ0) is 21.2. The Morgan fingerprint density at radius 1 is 1.00 bits per heavy atom. The molecule has 6 nitrogen and oxygen atoms in total. The molecule has 0 aliphatic heterocycles. The molecule has 31 heavy (non-hydrogen) atoms. The maximum Gasteiger partial charge on any atom is 0.299 e. The quantitative estimate of drug-likeness (QED) is 0.290. The standard InChI is InChI=1S/C24H17N5OS/c1-15-7-10-18(27-24-29-19-5-3-4-6-22(19)31-24)13-20(15)28-23-26-14-21(30-23)16-8-11-17(25-2)12-9-16/h3-14H,1H3,(H,26,28)(H,27,29). The number of para-hydroxylation sites is 1. The van der Waals surface area contributed by atoms with Gasteiger partial charge in [0.1, 0.15) is 0 Å². The van der Waals surface area contributed by atoms with Crippen molar-refractivity contribution in [3.8, 4) is 11.3 Å². The lowest BCUT2D eigenvalue weighted by Gasteiger charge is -2.09. The molecule has 0 bridgehead atoms. The monoisotopic (exact) mass is 423 g/mol. The first kappa shape index (κ1) is 18.9. The molecule has 7 heteroatoms. The van der Waals surface area contributed by atoms with E-state index in [1.165, 1.54) is 0 Å². The summed E-state index contributed by atoms with van der Waals surface area (Å²) in [6, 6.07) is 21.8. The van der Waals surface area contributed by atoms with E-state index in [1.807, 2.05) is 55.5 Å². The number of aromatic nitrogens is 2. The molecule has 2 N–H and O–H groups in total. The Morgan fingerprint density at radius 3 is 2.65 bits per heavy atom. The Morgan fingerprint density at radius 2 is 1.84 bits per heavy atom. The molecule has 0 amide bonds. The van der Waals surface area contributed by atoms with Crippen molar-refractivity contribution in [3.63, 3.8) is 0 Å². The highest BCUT2D eigenvalue weighted by Gasteiger charge is 2.10. The normalized spacial score (nSPS) is 10.7. The van der Waals surface area contributed by atoms with Gasteiger partial charge in [0.2, 0.25) is 0 Å². The molecule has 2 aromatic heterocycles. The van der Waals surface area contributed by atoms with E-state index < -0.39 is 0 Å². The minimum atomic E-state index is 0.407. The summed E-state index contributed by atoms with van der Waals surface area (Å²) in [7, 11) is 0. The van der Waals surface area contributed by atoms with E-state index in [0.29, 0.717) is 17.5 Å². The number of fused-ring (bicyclic) bond motifs is 1. The largest absolute Gasteiger partial charge is 0.423 e. The molecule has 0 radical (unpaired) electrons. The summed E-state index contributed by atoms with van der Waals surface area (Å²) < 4.78 is 7.02. The van der Waals surface area contributed by atoms with Crippen molar-refractivity contribution < 1.29 is 4.42 Å². The first-order valence-electron chi connectivity index (χ1n) is 9.62. The number of hydrogen-bond acceptors (Lipinski definition) is 6. The predicted molar refractivity (Wildman–Crippen MR) is 126 cm³/mol. The number of hydrogen-bond donors (Lipinski definition) is 2. The number of nitrogens with zero attached hydrogens (tertiary/aromatic N) is 3. The van der Waals surface area contributed by atoms with Crippen molar-refractivity contribution in [1.82, 2.24) is 9.97 Å². The molecule has 150 valence electrons. The van der Waals surface area contributed by atoms with Crippen LogP contribution in [0.2, 0.25) is 0 Å². The SMILES string of the molecule is [C-]#[N+]c1ccc(-c2cnc(Nc3cc(Nc4nc5ccccc5s4)ccc3C)o2)cc1. The van der Waals surface area contributed by atoms with Gasteiger partial charge in [-0.3, -0.25) is 0 Å². The molecule has 0 saturated heterocycles. The van der Waals surface area contributed by atoms with Gasteiger partial charge in [0.15, 0.2) is 16.6 Å². The summed E-state index contributed by atoms with van der Waals surface area (Å²) in [6.45, 7) is 9.08. The Kier molecular flexibility index (Phi) is 4.83. The number of rotatable bonds is 5. The second-order valence-corrected chi connectivity index (χ2v) is 7.99. The zero-order valence-electron chi connectivity index (χ0n) is 16.6. The molecular weight excluding hydrogens is 406 g/mol. The van der Waals surface area contributed by atoms with Crippen molar-refractivity contribution in [2.45, 2.75) is 6.92 Å². The average Bonchev–Trinajstić information content (AvgIpc) is 3.42. The van der Waals surface area contributed by atoms with Gasteiger partial charge in [-0.15, -0.1) is 0 Å². The Balaban J connectivity index is 1.36. The van der Waals surface area contributed by atoms with Crippen LogP contribution in [0.3, 0.4) is 0 Å². The summed E-state index contributed by atoms with van der Waals surface area (Å²) in [4.78, 5) is 12.4. The van der Waals surface area contributed by atoms with E-state index in [1.54, 1.807) is 29.7 Å². The van der Waals surface area contributed by atoms with E-state index in [9.17, 15) is 0 Å². The highest BCUT2D eigenvalue weighted by molar-refractivity contribution is 7.22. The Bertz CT molecular complexity index is 1380. The smallest absolute Gasteiger partial charge is 0.299 e. The lowest BCUT2D eigenvalue weighted by Crippen LogP contribution is -1.96. The number of anilines is 4. The van der Waals surface area contributed by atoms with E-state index >= 15 is 0 Å². The molecule has 0 atom stereocenters. The molecular formula is C24H17N5OS. The van der Waals surface area contributed by atoms with Gasteiger partial charge in [0.05, 0.1) is 23.0 Å². The molecule has 0 unspecified atom stereocenters. The molecule has 0 fully saturated rings. The second kappa shape index (κ2) is 7.94. The third-order valence-corrected chi connectivity index (χ3v) is 5.76. The molecule has 0 aliphatic rings. The first-order chi connectivity index (χ1) is 15.2. The van der Waals surface area contributed by atoms with Crippen LogP contribution < -0.4 is 10.6 Å². The minimum absolute atomic E-state index is 0.407. The zero-order valence-corrected chi connectivity index (χ0v) is 17.4. The van der Waals surface area contributed by atoms with Crippen LogP contribution in [0.5, 0.6) is 0 Å². The van der Waals surface area contributed by atoms with Crippen LogP contribution in [0.25, 0.3) is 26.4 Å². The lowest BCUT2D eigenvalue weighted by molar-refractivity contribution is 0.592. The van der Waals surface area contributed by atoms with Gasteiger partial charge >= 0.3 is 0 Å². The van der Waals surface area contributed by atoms with Crippen molar-refractivity contribution >= 4 is 49.8 Å². The summed E-state index contributed by atoms with van der Waals surface area (Å²) in [5.41, 5.74) is 5.33. The second-order valence-electron chi connectivity index (χ2n) is 6.95. The van der Waals surface area contributed by atoms with Crippen molar-refractivity contribution in [1.29, 1.82) is 0 Å². The van der Waals surface area contributed by atoms with Crippen LogP contribution in [-0.2, 0) is 0 Å². The van der Waals surface area contributed by atoms with Gasteiger partial charge in [-0.1, -0.05) is 53.8 Å². The van der Waals surface area contributed by atoms with Gasteiger partial charge in [0, 0.05) is 16.9 Å². The van der Waals surface area contributed by atoms with Crippen LogP contribution in [0.4, 0.5) is 28.2 Å². The van der Waals surface area contributed by atoms with E-state index in [-0.39, 0.29) is 0 Å². The Hall–Kier alpha value is -4.15. The van der Waals surface area contributed by atoms with Crippen LogP contribution in [0.15, 0.2) is 77.3 Å². The number of nitrogens with one attached hydrogen (secondary N) is 2. The van der Waals surface area contributed by atoms with Crippen molar-refractivity contribution in [2.24, 2.45) is 0 Å². The van der Waals surface area contributed by atoms with Crippen LogP contribution in [-0.4, -0.2) is 9.97 Å². The van der Waals surface area contributed by atoms with Crippen LogP contribution in [0.1, 0.15) is 5.56 Å². The predicted octanol–water partition coefficient (Wildman–Crippen LogP) is 7.30. The Labute approximate surface area is 183 Å². The highest BCUT2D eigenvalue weighted by atomic mass is 32.1. The molecule has 5 aromatic rings. The fraction of sp³-hybridized carbons (Fsp3) is 0.0417. The highest BCUT2D eigenvalue weighted by Crippen LogP contribution is 2.31. The molecule has 2 heterocycles. The fourth-order valence-corrected chi connectivity index (χ4v) is 4.05. The molecule has 0 spiro atoms. The van der Waals surface area contributed by atoms with Gasteiger partial charge in [-0.2, -0.15) is 0 Å². The topological polar surface area (TPSA) is 67.3 Å². The van der Waals surface area contributed by atoms with E-state index in [0.717, 1.165) is 37.8 Å².